The average Bonchev–Trinajstić information content (AvgIpc) is 3.33. The summed E-state index contributed by atoms with van der Waals surface area (Å²) < 4.78 is 45.0. The fourth-order valence-electron chi connectivity index (χ4n) is 3.30. The topological polar surface area (TPSA) is 104 Å². The molecular formula is C24H23N3O5S. The highest BCUT2D eigenvalue weighted by Gasteiger charge is 2.23. The molecule has 9 heteroatoms. The lowest BCUT2D eigenvalue weighted by Crippen LogP contribution is -2.24. The van der Waals surface area contributed by atoms with Crippen molar-refractivity contribution in [2.24, 2.45) is 0 Å². The van der Waals surface area contributed by atoms with Crippen molar-refractivity contribution >= 4 is 10.0 Å². The molecule has 0 saturated heterocycles. The second-order valence-electron chi connectivity index (χ2n) is 7.29. The lowest BCUT2D eigenvalue weighted by atomic mass is 10.1. The summed E-state index contributed by atoms with van der Waals surface area (Å²) in [5, 5.41) is 4.02. The molecule has 4 rings (SSSR count). The highest BCUT2D eigenvalue weighted by atomic mass is 32.2. The number of methoxy groups -OCH3 is 2. The Morgan fingerprint density at radius 2 is 1.73 bits per heavy atom. The van der Waals surface area contributed by atoms with Gasteiger partial charge in [-0.25, -0.2) is 13.1 Å². The number of rotatable bonds is 8. The number of ether oxygens (including phenoxy) is 2. The molecule has 0 bridgehead atoms. The first-order chi connectivity index (χ1) is 15.9. The summed E-state index contributed by atoms with van der Waals surface area (Å²) in [5.74, 6) is 1.64. The maximum atomic E-state index is 13.2. The number of benzene rings is 3. The van der Waals surface area contributed by atoms with Crippen LogP contribution in [0.1, 0.15) is 11.1 Å². The van der Waals surface area contributed by atoms with Crippen LogP contribution in [0.5, 0.6) is 11.5 Å². The van der Waals surface area contributed by atoms with Crippen LogP contribution < -0.4 is 14.2 Å². The van der Waals surface area contributed by atoms with Crippen molar-refractivity contribution < 1.29 is 22.4 Å². The summed E-state index contributed by atoms with van der Waals surface area (Å²) in [5.41, 5.74) is 2.84. The van der Waals surface area contributed by atoms with Gasteiger partial charge in [-0.3, -0.25) is 0 Å². The van der Waals surface area contributed by atoms with Gasteiger partial charge < -0.3 is 14.0 Å². The zero-order valence-corrected chi connectivity index (χ0v) is 19.2. The van der Waals surface area contributed by atoms with E-state index in [1.807, 2.05) is 31.2 Å². The summed E-state index contributed by atoms with van der Waals surface area (Å²) in [7, 11) is -0.850. The molecule has 0 radical (unpaired) electrons. The molecule has 3 aromatic carbocycles. The number of hydrogen-bond donors (Lipinski definition) is 1. The largest absolute Gasteiger partial charge is 0.497 e. The Labute approximate surface area is 192 Å². The number of sulfonamides is 1. The van der Waals surface area contributed by atoms with E-state index in [2.05, 4.69) is 14.9 Å². The Bertz CT molecular complexity index is 1370. The fraction of sp³-hybridized carbons (Fsp3) is 0.167. The SMILES string of the molecule is COc1ccc(OC)c(CNS(=O)(=O)c2ccccc2-c2nc(-c3ccc(C)cc3)no2)c1. The van der Waals surface area contributed by atoms with Crippen molar-refractivity contribution in [3.8, 4) is 34.3 Å². The first-order valence-electron chi connectivity index (χ1n) is 10.1. The Balaban J connectivity index is 1.63. The molecular weight excluding hydrogens is 442 g/mol. The van der Waals surface area contributed by atoms with E-state index >= 15 is 0 Å². The molecule has 0 saturated carbocycles. The van der Waals surface area contributed by atoms with Crippen LogP contribution in [0.4, 0.5) is 0 Å². The minimum atomic E-state index is -3.92. The van der Waals surface area contributed by atoms with Crippen molar-refractivity contribution in [2.45, 2.75) is 18.4 Å². The molecule has 0 atom stereocenters. The monoisotopic (exact) mass is 465 g/mol. The zero-order chi connectivity index (χ0) is 23.4. The van der Waals surface area contributed by atoms with Crippen LogP contribution in [0, 0.1) is 6.92 Å². The van der Waals surface area contributed by atoms with Gasteiger partial charge in [0.25, 0.3) is 5.89 Å². The van der Waals surface area contributed by atoms with E-state index in [-0.39, 0.29) is 17.3 Å². The molecule has 4 aromatic rings. The van der Waals surface area contributed by atoms with Gasteiger partial charge in [-0.05, 0) is 37.3 Å². The Morgan fingerprint density at radius 3 is 2.45 bits per heavy atom. The summed E-state index contributed by atoms with van der Waals surface area (Å²) in [6.45, 7) is 2.00. The molecule has 170 valence electrons. The van der Waals surface area contributed by atoms with Crippen LogP contribution in [0.15, 0.2) is 76.1 Å². The molecule has 8 nitrogen and oxygen atoms in total. The van der Waals surface area contributed by atoms with Crippen molar-refractivity contribution in [2.75, 3.05) is 14.2 Å². The van der Waals surface area contributed by atoms with Crippen LogP contribution in [-0.4, -0.2) is 32.8 Å². The van der Waals surface area contributed by atoms with Gasteiger partial charge in [-0.2, -0.15) is 4.98 Å². The molecule has 0 unspecified atom stereocenters. The second-order valence-corrected chi connectivity index (χ2v) is 9.02. The summed E-state index contributed by atoms with van der Waals surface area (Å²) in [6, 6.07) is 19.3. The van der Waals surface area contributed by atoms with Gasteiger partial charge in [0.1, 0.15) is 11.5 Å². The standard InChI is InChI=1S/C24H23N3O5S/c1-16-8-10-17(11-9-16)23-26-24(32-27-23)20-6-4-5-7-22(20)33(28,29)25-15-18-14-19(30-2)12-13-21(18)31-3/h4-14,25H,15H2,1-3H3. The van der Waals surface area contributed by atoms with Crippen molar-refractivity contribution in [1.29, 1.82) is 0 Å². The molecule has 0 aliphatic heterocycles. The summed E-state index contributed by atoms with van der Waals surface area (Å²) in [6.07, 6.45) is 0. The van der Waals surface area contributed by atoms with Gasteiger partial charge in [-0.1, -0.05) is 47.1 Å². The Kier molecular flexibility index (Phi) is 6.43. The van der Waals surface area contributed by atoms with E-state index in [1.54, 1.807) is 43.5 Å². The van der Waals surface area contributed by atoms with Gasteiger partial charge in [0.05, 0.1) is 24.7 Å². The van der Waals surface area contributed by atoms with Crippen LogP contribution in [0.3, 0.4) is 0 Å². The third kappa shape index (κ3) is 4.89. The number of aryl methyl sites for hydroxylation is 1. The van der Waals surface area contributed by atoms with E-state index < -0.39 is 10.0 Å². The Hall–Kier alpha value is -3.69. The van der Waals surface area contributed by atoms with Gasteiger partial charge in [-0.15, -0.1) is 0 Å². The molecule has 1 heterocycles. The van der Waals surface area contributed by atoms with E-state index in [0.29, 0.717) is 28.5 Å². The minimum absolute atomic E-state index is 0.00942. The lowest BCUT2D eigenvalue weighted by molar-refractivity contribution is 0.398. The quantitative estimate of drug-likeness (QED) is 0.416. The molecule has 0 spiro atoms. The van der Waals surface area contributed by atoms with E-state index in [9.17, 15) is 8.42 Å². The van der Waals surface area contributed by atoms with Gasteiger partial charge >= 0.3 is 0 Å². The molecule has 33 heavy (non-hydrogen) atoms. The second kappa shape index (κ2) is 9.43. The van der Waals surface area contributed by atoms with Crippen molar-refractivity contribution in [1.82, 2.24) is 14.9 Å². The van der Waals surface area contributed by atoms with E-state index in [4.69, 9.17) is 14.0 Å². The molecule has 0 amide bonds. The maximum Gasteiger partial charge on any atom is 0.259 e. The van der Waals surface area contributed by atoms with E-state index in [0.717, 1.165) is 11.1 Å². The highest BCUT2D eigenvalue weighted by Crippen LogP contribution is 2.29. The number of aromatic nitrogens is 2. The molecule has 1 aromatic heterocycles. The smallest absolute Gasteiger partial charge is 0.259 e. The summed E-state index contributed by atoms with van der Waals surface area (Å²) >= 11 is 0. The summed E-state index contributed by atoms with van der Waals surface area (Å²) in [4.78, 5) is 4.45. The predicted octanol–water partition coefficient (Wildman–Crippen LogP) is 4.21. The van der Waals surface area contributed by atoms with Crippen molar-refractivity contribution in [3.63, 3.8) is 0 Å². The third-order valence-corrected chi connectivity index (χ3v) is 6.54. The number of nitrogens with zero attached hydrogens (tertiary/aromatic N) is 2. The minimum Gasteiger partial charge on any atom is -0.497 e. The first-order valence-corrected chi connectivity index (χ1v) is 11.6. The maximum absolute atomic E-state index is 13.2. The predicted molar refractivity (Wildman–Crippen MR) is 123 cm³/mol. The lowest BCUT2D eigenvalue weighted by Gasteiger charge is -2.13. The van der Waals surface area contributed by atoms with Crippen LogP contribution in [-0.2, 0) is 16.6 Å². The van der Waals surface area contributed by atoms with E-state index in [1.165, 1.54) is 13.2 Å². The van der Waals surface area contributed by atoms with Gasteiger partial charge in [0, 0.05) is 17.7 Å². The Morgan fingerprint density at radius 1 is 0.970 bits per heavy atom. The normalized spacial score (nSPS) is 11.4. The van der Waals surface area contributed by atoms with Crippen LogP contribution >= 0.6 is 0 Å². The molecule has 0 aliphatic rings. The fourth-order valence-corrected chi connectivity index (χ4v) is 4.50. The van der Waals surface area contributed by atoms with Gasteiger partial charge in [0.15, 0.2) is 0 Å². The number of hydrogen-bond acceptors (Lipinski definition) is 7. The van der Waals surface area contributed by atoms with Gasteiger partial charge in [0.2, 0.25) is 15.8 Å². The molecule has 0 fully saturated rings. The van der Waals surface area contributed by atoms with Crippen LogP contribution in [0.25, 0.3) is 22.8 Å². The third-order valence-electron chi connectivity index (χ3n) is 5.08. The molecule has 1 N–H and O–H groups in total. The average molecular weight is 466 g/mol. The van der Waals surface area contributed by atoms with Crippen molar-refractivity contribution in [3.05, 3.63) is 77.9 Å². The number of nitrogens with one attached hydrogen (secondary N) is 1. The zero-order valence-electron chi connectivity index (χ0n) is 18.4. The first kappa shape index (κ1) is 22.5. The van der Waals surface area contributed by atoms with Crippen LogP contribution in [0.2, 0.25) is 0 Å². The molecule has 0 aliphatic carbocycles. The highest BCUT2D eigenvalue weighted by molar-refractivity contribution is 7.89.